The molecule has 0 bridgehead atoms. The van der Waals surface area contributed by atoms with Gasteiger partial charge in [0.05, 0.1) is 11.5 Å². The SMILES string of the molecule is CCCCS(=O)[O-].O=S1(=O)CCCC1. The Kier molecular flexibility index (Phi) is 7.40. The molecule has 1 heterocycles. The molecule has 0 saturated carbocycles. The number of hydrogen-bond acceptors (Lipinski definition) is 4. The maximum Gasteiger partial charge on any atom is 0.150 e. The van der Waals surface area contributed by atoms with Gasteiger partial charge < -0.3 is 4.55 Å². The van der Waals surface area contributed by atoms with Crippen LogP contribution in [0.25, 0.3) is 0 Å². The van der Waals surface area contributed by atoms with Crippen LogP contribution in [0.15, 0.2) is 0 Å². The van der Waals surface area contributed by atoms with E-state index in [0.717, 1.165) is 25.7 Å². The number of rotatable bonds is 3. The fraction of sp³-hybridized carbons (Fsp3) is 1.00. The molecule has 1 rings (SSSR count). The van der Waals surface area contributed by atoms with E-state index in [2.05, 4.69) is 0 Å². The molecule has 1 saturated heterocycles. The van der Waals surface area contributed by atoms with Gasteiger partial charge in [-0.1, -0.05) is 24.4 Å². The van der Waals surface area contributed by atoms with Gasteiger partial charge in [0.2, 0.25) is 0 Å². The molecule has 1 aliphatic heterocycles. The van der Waals surface area contributed by atoms with Crippen molar-refractivity contribution in [3.63, 3.8) is 0 Å². The van der Waals surface area contributed by atoms with Gasteiger partial charge in [-0.15, -0.1) is 0 Å². The first-order valence-electron chi connectivity index (χ1n) is 4.74. The van der Waals surface area contributed by atoms with Gasteiger partial charge in [-0.3, -0.25) is 4.21 Å². The van der Waals surface area contributed by atoms with Crippen LogP contribution in [0.5, 0.6) is 0 Å². The van der Waals surface area contributed by atoms with Crippen molar-refractivity contribution in [1.82, 2.24) is 0 Å². The zero-order chi connectivity index (χ0) is 11.0. The van der Waals surface area contributed by atoms with Crippen LogP contribution in [0.3, 0.4) is 0 Å². The quantitative estimate of drug-likeness (QED) is 0.687. The van der Waals surface area contributed by atoms with Crippen LogP contribution in [0.2, 0.25) is 0 Å². The van der Waals surface area contributed by atoms with Gasteiger partial charge in [0.1, 0.15) is 9.84 Å². The van der Waals surface area contributed by atoms with Crippen molar-refractivity contribution >= 4 is 20.9 Å². The lowest BCUT2D eigenvalue weighted by Crippen LogP contribution is -1.98. The first-order chi connectivity index (χ1) is 6.48. The highest BCUT2D eigenvalue weighted by molar-refractivity contribution is 7.91. The molecule has 0 amide bonds. The molecule has 0 N–H and O–H groups in total. The molecule has 0 spiro atoms. The number of unbranched alkanes of at least 4 members (excludes halogenated alkanes) is 1. The molecular formula is C8H17O4S2-. The average Bonchev–Trinajstić information content (AvgIpc) is 2.47. The van der Waals surface area contributed by atoms with Crippen LogP contribution in [0.1, 0.15) is 32.6 Å². The molecule has 0 radical (unpaired) electrons. The molecule has 1 aliphatic rings. The third kappa shape index (κ3) is 8.65. The maximum atomic E-state index is 10.4. The normalized spacial score (nSPS) is 21.0. The smallest absolute Gasteiger partial charge is 0.150 e. The summed E-state index contributed by atoms with van der Waals surface area (Å²) in [6.45, 7) is 1.97. The largest absolute Gasteiger partial charge is 0.772 e. The van der Waals surface area contributed by atoms with E-state index in [4.69, 9.17) is 0 Å². The summed E-state index contributed by atoms with van der Waals surface area (Å²) in [6.07, 6.45) is 3.49. The number of hydrogen-bond donors (Lipinski definition) is 0. The van der Waals surface area contributed by atoms with E-state index in [1.807, 2.05) is 6.92 Å². The Hall–Kier alpha value is 0.0600. The van der Waals surface area contributed by atoms with Crippen LogP contribution >= 0.6 is 0 Å². The van der Waals surface area contributed by atoms with Gasteiger partial charge in [0, 0.05) is 5.75 Å². The predicted molar refractivity (Wildman–Crippen MR) is 56.6 cm³/mol. The van der Waals surface area contributed by atoms with Crippen molar-refractivity contribution in [2.75, 3.05) is 17.3 Å². The van der Waals surface area contributed by atoms with Gasteiger partial charge in [-0.05, 0) is 19.3 Å². The monoisotopic (exact) mass is 241 g/mol. The standard InChI is InChI=1S/C4H8O2S.C4H10O2S/c5-7(6)3-1-2-4-7;1-2-3-4-7(5)6/h1-4H2;2-4H2,1H3,(H,5,6)/p-1. The summed E-state index contributed by atoms with van der Waals surface area (Å²) in [6, 6.07) is 0. The minimum absolute atomic E-state index is 0.316. The fourth-order valence-corrected chi connectivity index (χ4v) is 3.02. The van der Waals surface area contributed by atoms with E-state index >= 15 is 0 Å². The van der Waals surface area contributed by atoms with E-state index in [1.165, 1.54) is 0 Å². The molecule has 14 heavy (non-hydrogen) atoms. The maximum absolute atomic E-state index is 10.4. The van der Waals surface area contributed by atoms with Gasteiger partial charge in [-0.25, -0.2) is 8.42 Å². The molecule has 1 unspecified atom stereocenters. The molecule has 0 aliphatic carbocycles. The van der Waals surface area contributed by atoms with Crippen molar-refractivity contribution in [3.05, 3.63) is 0 Å². The van der Waals surface area contributed by atoms with E-state index in [-0.39, 0.29) is 0 Å². The summed E-state index contributed by atoms with van der Waals surface area (Å²) in [7, 11) is -2.55. The van der Waals surface area contributed by atoms with Crippen LogP contribution in [-0.2, 0) is 20.9 Å². The third-order valence-electron chi connectivity index (χ3n) is 1.83. The molecule has 86 valence electrons. The molecule has 6 heteroatoms. The molecule has 0 aromatic carbocycles. The van der Waals surface area contributed by atoms with Crippen molar-refractivity contribution in [1.29, 1.82) is 0 Å². The molecule has 1 atom stereocenters. The minimum Gasteiger partial charge on any atom is -0.772 e. The van der Waals surface area contributed by atoms with Gasteiger partial charge in [0.15, 0.2) is 0 Å². The summed E-state index contributed by atoms with van der Waals surface area (Å²) in [5.41, 5.74) is 0. The van der Waals surface area contributed by atoms with Gasteiger partial charge >= 0.3 is 0 Å². The average molecular weight is 241 g/mol. The van der Waals surface area contributed by atoms with Crippen LogP contribution < -0.4 is 0 Å². The van der Waals surface area contributed by atoms with E-state index in [0.29, 0.717) is 17.3 Å². The first-order valence-corrected chi connectivity index (χ1v) is 7.81. The van der Waals surface area contributed by atoms with Crippen molar-refractivity contribution < 1.29 is 17.2 Å². The Morgan fingerprint density at radius 3 is 1.93 bits per heavy atom. The van der Waals surface area contributed by atoms with E-state index in [9.17, 15) is 17.2 Å². The lowest BCUT2D eigenvalue weighted by molar-refractivity contribution is 0.534. The Bertz CT molecular complexity index is 247. The zero-order valence-electron chi connectivity index (χ0n) is 8.40. The number of sulfone groups is 1. The molecule has 0 aromatic heterocycles. The minimum atomic E-state index is -2.55. The second-order valence-electron chi connectivity index (χ2n) is 3.22. The van der Waals surface area contributed by atoms with Crippen LogP contribution in [0.4, 0.5) is 0 Å². The van der Waals surface area contributed by atoms with Crippen molar-refractivity contribution in [2.45, 2.75) is 32.6 Å². The lowest BCUT2D eigenvalue weighted by atomic mass is 10.4. The van der Waals surface area contributed by atoms with Crippen LogP contribution in [-0.4, -0.2) is 34.4 Å². The highest BCUT2D eigenvalue weighted by Crippen LogP contribution is 2.08. The highest BCUT2D eigenvalue weighted by Gasteiger charge is 2.16. The van der Waals surface area contributed by atoms with Gasteiger partial charge in [-0.2, -0.15) is 0 Å². The highest BCUT2D eigenvalue weighted by atomic mass is 32.2. The lowest BCUT2D eigenvalue weighted by Gasteiger charge is -1.99. The first kappa shape index (κ1) is 14.1. The molecule has 4 nitrogen and oxygen atoms in total. The Labute approximate surface area is 88.3 Å². The zero-order valence-corrected chi connectivity index (χ0v) is 10.0. The van der Waals surface area contributed by atoms with Gasteiger partial charge in [0.25, 0.3) is 0 Å². The van der Waals surface area contributed by atoms with E-state index < -0.39 is 20.9 Å². The van der Waals surface area contributed by atoms with Crippen LogP contribution in [0, 0.1) is 0 Å². The predicted octanol–water partition coefficient (Wildman–Crippen LogP) is 0.861. The van der Waals surface area contributed by atoms with Crippen molar-refractivity contribution in [2.24, 2.45) is 0 Å². The fourth-order valence-electron chi connectivity index (χ4n) is 1.01. The summed E-state index contributed by atoms with van der Waals surface area (Å²) < 4.78 is 40.4. The Morgan fingerprint density at radius 2 is 1.79 bits per heavy atom. The second-order valence-corrected chi connectivity index (χ2v) is 6.54. The Balaban J connectivity index is 0.000000241. The summed E-state index contributed by atoms with van der Waals surface area (Å²) in [5, 5.41) is 0. The molecule has 1 fully saturated rings. The summed E-state index contributed by atoms with van der Waals surface area (Å²) in [5.74, 6) is 1.16. The summed E-state index contributed by atoms with van der Waals surface area (Å²) >= 11 is -1.82. The summed E-state index contributed by atoms with van der Waals surface area (Å²) in [4.78, 5) is 0. The molecular weight excluding hydrogens is 224 g/mol. The van der Waals surface area contributed by atoms with Crippen molar-refractivity contribution in [3.8, 4) is 0 Å². The van der Waals surface area contributed by atoms with E-state index in [1.54, 1.807) is 0 Å². The molecule has 0 aromatic rings. The third-order valence-corrected chi connectivity index (χ3v) is 4.27. The second kappa shape index (κ2) is 7.36. The topological polar surface area (TPSA) is 74.3 Å². The Morgan fingerprint density at radius 1 is 1.29 bits per heavy atom.